The molecule has 0 aromatic rings. The molecule has 0 heterocycles. The van der Waals surface area contributed by atoms with E-state index in [1.54, 1.807) is 0 Å². The quantitative estimate of drug-likeness (QED) is 0.264. The lowest BCUT2D eigenvalue weighted by atomic mass is 10.1. The maximum Gasteiger partial charge on any atom is 0.217 e. The Bertz CT molecular complexity index is 261. The maximum absolute atomic E-state index is 11.0. The highest BCUT2D eigenvalue weighted by Crippen LogP contribution is 2.02. The van der Waals surface area contributed by atoms with Crippen molar-refractivity contribution in [3.8, 4) is 0 Å². The van der Waals surface area contributed by atoms with Gasteiger partial charge in [0.1, 0.15) is 18.3 Å². The fraction of sp³-hybridized carbons (Fsp3) is 0.909. The van der Waals surface area contributed by atoms with Crippen LogP contribution in [0.4, 0.5) is 0 Å². The number of hydrogen-bond donors (Lipinski definition) is 6. The molecule has 0 saturated heterocycles. The van der Waals surface area contributed by atoms with Crippen LogP contribution < -0.4 is 5.32 Å². The summed E-state index contributed by atoms with van der Waals surface area (Å²) in [6.45, 7) is 1.59. The molecular weight excluding hydrogens is 258 g/mol. The smallest absolute Gasteiger partial charge is 0.217 e. The van der Waals surface area contributed by atoms with Gasteiger partial charge in [-0.3, -0.25) is 4.79 Å². The summed E-state index contributed by atoms with van der Waals surface area (Å²) in [4.78, 5) is 11.0. The van der Waals surface area contributed by atoms with Gasteiger partial charge >= 0.3 is 0 Å². The standard InChI is InChI=1S/C11H23NO7/c1-6(14)11(18)8(12-7(2)15)4-19-5-10(17)9(16)3-13/h6,8-11,13-14,16-18H,3-5H2,1-2H3,(H,12,15). The Morgan fingerprint density at radius 2 is 1.74 bits per heavy atom. The summed E-state index contributed by atoms with van der Waals surface area (Å²) in [6, 6.07) is -0.837. The van der Waals surface area contributed by atoms with Crippen molar-refractivity contribution in [1.29, 1.82) is 0 Å². The first-order valence-corrected chi connectivity index (χ1v) is 5.97. The van der Waals surface area contributed by atoms with Crippen molar-refractivity contribution in [2.45, 2.75) is 44.3 Å². The third-order valence-corrected chi connectivity index (χ3v) is 2.51. The van der Waals surface area contributed by atoms with E-state index in [-0.39, 0.29) is 13.2 Å². The van der Waals surface area contributed by atoms with Gasteiger partial charge in [0, 0.05) is 6.92 Å². The van der Waals surface area contributed by atoms with E-state index in [4.69, 9.17) is 14.9 Å². The Kier molecular flexibility index (Phi) is 8.81. The molecule has 0 aromatic heterocycles. The van der Waals surface area contributed by atoms with Crippen LogP contribution >= 0.6 is 0 Å². The van der Waals surface area contributed by atoms with Gasteiger partial charge in [-0.1, -0.05) is 0 Å². The monoisotopic (exact) mass is 281 g/mol. The lowest BCUT2D eigenvalue weighted by Crippen LogP contribution is -2.50. The van der Waals surface area contributed by atoms with Crippen LogP contribution in [0.2, 0.25) is 0 Å². The first-order chi connectivity index (χ1) is 8.79. The highest BCUT2D eigenvalue weighted by molar-refractivity contribution is 5.73. The minimum atomic E-state index is -1.32. The molecule has 0 fully saturated rings. The number of aliphatic hydroxyl groups excluding tert-OH is 5. The predicted molar refractivity (Wildman–Crippen MR) is 65.2 cm³/mol. The van der Waals surface area contributed by atoms with E-state index < -0.39 is 43.0 Å². The van der Waals surface area contributed by atoms with Gasteiger partial charge in [0.15, 0.2) is 0 Å². The van der Waals surface area contributed by atoms with Crippen LogP contribution in [0.5, 0.6) is 0 Å². The van der Waals surface area contributed by atoms with E-state index in [9.17, 15) is 20.1 Å². The van der Waals surface area contributed by atoms with Crippen molar-refractivity contribution in [1.82, 2.24) is 5.32 Å². The van der Waals surface area contributed by atoms with Gasteiger partial charge in [-0.25, -0.2) is 0 Å². The van der Waals surface area contributed by atoms with Crippen molar-refractivity contribution in [2.75, 3.05) is 19.8 Å². The maximum atomic E-state index is 11.0. The third kappa shape index (κ3) is 7.41. The molecular formula is C11H23NO7. The zero-order valence-corrected chi connectivity index (χ0v) is 11.1. The van der Waals surface area contributed by atoms with Gasteiger partial charge in [0.05, 0.1) is 32.0 Å². The van der Waals surface area contributed by atoms with Crippen LogP contribution in [-0.4, -0.2) is 81.7 Å². The fourth-order valence-corrected chi connectivity index (χ4v) is 1.37. The van der Waals surface area contributed by atoms with Gasteiger partial charge in [-0.05, 0) is 6.92 Å². The van der Waals surface area contributed by atoms with Crippen LogP contribution in [-0.2, 0) is 9.53 Å². The first kappa shape index (κ1) is 18.2. The average molecular weight is 281 g/mol. The summed E-state index contributed by atoms with van der Waals surface area (Å²) in [6.07, 6.45) is -4.87. The molecule has 8 nitrogen and oxygen atoms in total. The Morgan fingerprint density at radius 1 is 1.16 bits per heavy atom. The van der Waals surface area contributed by atoms with Gasteiger partial charge in [-0.2, -0.15) is 0 Å². The van der Waals surface area contributed by atoms with E-state index in [1.807, 2.05) is 0 Å². The van der Waals surface area contributed by atoms with Crippen LogP contribution in [0.3, 0.4) is 0 Å². The van der Waals surface area contributed by atoms with E-state index in [0.29, 0.717) is 0 Å². The van der Waals surface area contributed by atoms with Gasteiger partial charge in [0.2, 0.25) is 5.91 Å². The van der Waals surface area contributed by atoms with E-state index in [0.717, 1.165) is 0 Å². The normalized spacial score (nSPS) is 19.3. The lowest BCUT2D eigenvalue weighted by Gasteiger charge is -2.26. The molecule has 5 unspecified atom stereocenters. The Morgan fingerprint density at radius 3 is 2.16 bits per heavy atom. The van der Waals surface area contributed by atoms with Crippen molar-refractivity contribution in [3.63, 3.8) is 0 Å². The summed E-state index contributed by atoms with van der Waals surface area (Å²) < 4.78 is 5.05. The number of hydrogen-bond acceptors (Lipinski definition) is 7. The number of aliphatic hydroxyl groups is 5. The summed E-state index contributed by atoms with van der Waals surface area (Å²) in [5, 5.41) is 48.3. The average Bonchev–Trinajstić information content (AvgIpc) is 2.34. The number of carbonyl (C=O) groups excluding carboxylic acids is 1. The molecule has 0 aliphatic rings. The van der Waals surface area contributed by atoms with Crippen LogP contribution in [0, 0.1) is 0 Å². The number of carbonyl (C=O) groups is 1. The molecule has 0 bridgehead atoms. The Balaban J connectivity index is 4.23. The summed E-state index contributed by atoms with van der Waals surface area (Å²) in [5.74, 6) is -0.399. The number of amides is 1. The Hall–Kier alpha value is -0.770. The molecule has 0 aliphatic carbocycles. The molecule has 0 radical (unpaired) electrons. The zero-order chi connectivity index (χ0) is 15.0. The molecule has 0 aromatic carbocycles. The van der Waals surface area contributed by atoms with Crippen LogP contribution in [0.1, 0.15) is 13.8 Å². The van der Waals surface area contributed by atoms with Crippen LogP contribution in [0.25, 0.3) is 0 Å². The van der Waals surface area contributed by atoms with E-state index >= 15 is 0 Å². The zero-order valence-electron chi connectivity index (χ0n) is 11.1. The summed E-state index contributed by atoms with van der Waals surface area (Å²) in [7, 11) is 0. The molecule has 5 atom stereocenters. The van der Waals surface area contributed by atoms with Crippen molar-refractivity contribution >= 4 is 5.91 Å². The molecule has 0 rings (SSSR count). The largest absolute Gasteiger partial charge is 0.394 e. The number of ether oxygens (including phenoxy) is 1. The Labute approximate surface area is 111 Å². The first-order valence-electron chi connectivity index (χ1n) is 5.97. The lowest BCUT2D eigenvalue weighted by molar-refractivity contribution is -0.122. The molecule has 0 saturated carbocycles. The molecule has 0 aliphatic heterocycles. The molecule has 1 amide bonds. The minimum absolute atomic E-state index is 0.152. The highest BCUT2D eigenvalue weighted by atomic mass is 16.5. The number of nitrogens with one attached hydrogen (secondary N) is 1. The number of rotatable bonds is 9. The van der Waals surface area contributed by atoms with Gasteiger partial charge < -0.3 is 35.6 Å². The molecule has 114 valence electrons. The van der Waals surface area contributed by atoms with E-state index in [2.05, 4.69) is 5.32 Å². The minimum Gasteiger partial charge on any atom is -0.394 e. The molecule has 0 spiro atoms. The second-order valence-corrected chi connectivity index (χ2v) is 4.39. The third-order valence-electron chi connectivity index (χ3n) is 2.51. The van der Waals surface area contributed by atoms with E-state index in [1.165, 1.54) is 13.8 Å². The molecule has 8 heteroatoms. The SMILES string of the molecule is CC(=O)NC(COCC(O)C(O)CO)C(O)C(C)O. The second kappa shape index (κ2) is 9.18. The van der Waals surface area contributed by atoms with Crippen molar-refractivity contribution in [3.05, 3.63) is 0 Å². The van der Waals surface area contributed by atoms with Crippen molar-refractivity contribution < 1.29 is 35.1 Å². The predicted octanol–water partition coefficient (Wildman–Crippen LogP) is -3.04. The van der Waals surface area contributed by atoms with Gasteiger partial charge in [-0.15, -0.1) is 0 Å². The molecule has 6 N–H and O–H groups in total. The fourth-order valence-electron chi connectivity index (χ4n) is 1.37. The topological polar surface area (TPSA) is 139 Å². The van der Waals surface area contributed by atoms with Gasteiger partial charge in [0.25, 0.3) is 0 Å². The highest BCUT2D eigenvalue weighted by Gasteiger charge is 2.25. The molecule has 19 heavy (non-hydrogen) atoms. The summed E-state index contributed by atoms with van der Waals surface area (Å²) in [5.41, 5.74) is 0. The summed E-state index contributed by atoms with van der Waals surface area (Å²) >= 11 is 0. The second-order valence-electron chi connectivity index (χ2n) is 4.39. The van der Waals surface area contributed by atoms with Crippen molar-refractivity contribution in [2.24, 2.45) is 0 Å². The van der Waals surface area contributed by atoms with Crippen LogP contribution in [0.15, 0.2) is 0 Å².